The normalized spacial score (nSPS) is 18.4. The number of carbonyl (C=O) groups excluding carboxylic acids is 2. The third kappa shape index (κ3) is 11.9. The van der Waals surface area contributed by atoms with Gasteiger partial charge in [0, 0.05) is 48.9 Å². The standard InChI is InChI=1S/C21H37NO4.Na/c1-3-4-7-12-19(23)16-15-18-11-10-13-20(24)22(18)17-9-6-5-8-14-21(25)26-2;/h15-16,18-19,23H,3-14,17H2,1-2H3;/b16-15+;. The summed E-state index contributed by atoms with van der Waals surface area (Å²) in [6.45, 7) is 2.92. The van der Waals surface area contributed by atoms with Gasteiger partial charge in [0.25, 0.3) is 0 Å². The molecule has 1 N–H and O–H groups in total. The number of hydrogen-bond acceptors (Lipinski definition) is 4. The van der Waals surface area contributed by atoms with Gasteiger partial charge in [-0.05, 0) is 32.1 Å². The third-order valence-electron chi connectivity index (χ3n) is 5.03. The van der Waals surface area contributed by atoms with Crippen molar-refractivity contribution in [2.45, 2.75) is 96.1 Å². The molecule has 1 radical (unpaired) electrons. The SMILES string of the molecule is CCCCCC(O)/C=C/C1CCCC(=O)N1CCCCCCC(=O)OC.[Na]. The van der Waals surface area contributed by atoms with Gasteiger partial charge in [-0.2, -0.15) is 0 Å². The van der Waals surface area contributed by atoms with Gasteiger partial charge in [-0.1, -0.05) is 51.2 Å². The average Bonchev–Trinajstić information content (AvgIpc) is 2.64. The maximum absolute atomic E-state index is 12.3. The Labute approximate surface area is 187 Å². The monoisotopic (exact) mass is 390 g/mol. The minimum atomic E-state index is -0.404. The zero-order chi connectivity index (χ0) is 19.2. The van der Waals surface area contributed by atoms with E-state index in [0.717, 1.165) is 70.8 Å². The van der Waals surface area contributed by atoms with Crippen LogP contribution in [0.1, 0.15) is 84.0 Å². The molecule has 0 aliphatic carbocycles. The molecule has 0 spiro atoms. The van der Waals surface area contributed by atoms with E-state index in [-0.39, 0.29) is 47.5 Å². The number of ether oxygens (including phenoxy) is 1. The Balaban J connectivity index is 0.00000676. The van der Waals surface area contributed by atoms with Gasteiger partial charge in [-0.25, -0.2) is 0 Å². The Morgan fingerprint density at radius 1 is 1.26 bits per heavy atom. The maximum Gasteiger partial charge on any atom is 0.305 e. The second-order valence-corrected chi connectivity index (χ2v) is 7.24. The van der Waals surface area contributed by atoms with Crippen LogP contribution in [0.3, 0.4) is 0 Å². The van der Waals surface area contributed by atoms with Gasteiger partial charge in [0.05, 0.1) is 19.3 Å². The molecule has 0 aromatic carbocycles. The summed E-state index contributed by atoms with van der Waals surface area (Å²) in [6, 6.07) is 0.118. The number of amides is 1. The van der Waals surface area contributed by atoms with Gasteiger partial charge >= 0.3 is 5.97 Å². The first-order chi connectivity index (χ1) is 12.6. The molecule has 1 amide bonds. The molecule has 2 atom stereocenters. The van der Waals surface area contributed by atoms with E-state index >= 15 is 0 Å². The molecule has 0 bridgehead atoms. The number of aliphatic hydroxyl groups excluding tert-OH is 1. The van der Waals surface area contributed by atoms with E-state index in [1.165, 1.54) is 7.11 Å². The number of aliphatic hydroxyl groups is 1. The third-order valence-corrected chi connectivity index (χ3v) is 5.03. The van der Waals surface area contributed by atoms with Crippen molar-refractivity contribution in [3.8, 4) is 0 Å². The van der Waals surface area contributed by atoms with Crippen molar-refractivity contribution in [3.63, 3.8) is 0 Å². The number of piperidine rings is 1. The minimum Gasteiger partial charge on any atom is -0.469 e. The van der Waals surface area contributed by atoms with E-state index in [4.69, 9.17) is 0 Å². The van der Waals surface area contributed by atoms with E-state index in [2.05, 4.69) is 11.7 Å². The summed E-state index contributed by atoms with van der Waals surface area (Å²) in [5.74, 6) is 0.0693. The van der Waals surface area contributed by atoms with Crippen molar-refractivity contribution >= 4 is 41.4 Å². The molecule has 6 heteroatoms. The summed E-state index contributed by atoms with van der Waals surface area (Å²) >= 11 is 0. The van der Waals surface area contributed by atoms with E-state index in [0.29, 0.717) is 12.8 Å². The molecule has 1 heterocycles. The fraction of sp³-hybridized carbons (Fsp3) is 0.810. The molecule has 2 unspecified atom stereocenters. The van der Waals surface area contributed by atoms with E-state index in [1.807, 2.05) is 17.1 Å². The maximum atomic E-state index is 12.3. The molecule has 151 valence electrons. The average molecular weight is 391 g/mol. The van der Waals surface area contributed by atoms with Gasteiger partial charge in [-0.3, -0.25) is 9.59 Å². The summed E-state index contributed by atoms with van der Waals surface area (Å²) in [4.78, 5) is 25.3. The van der Waals surface area contributed by atoms with Crippen LogP contribution in [0.5, 0.6) is 0 Å². The quantitative estimate of drug-likeness (QED) is 0.226. The molecule has 1 rings (SSSR count). The van der Waals surface area contributed by atoms with Gasteiger partial charge in [0.1, 0.15) is 0 Å². The largest absolute Gasteiger partial charge is 0.469 e. The second kappa shape index (κ2) is 16.6. The first-order valence-electron chi connectivity index (χ1n) is 10.3. The Bertz CT molecular complexity index is 442. The molecule has 1 fully saturated rings. The molecule has 0 aromatic heterocycles. The van der Waals surface area contributed by atoms with Crippen molar-refractivity contribution in [2.75, 3.05) is 13.7 Å². The van der Waals surface area contributed by atoms with Crippen molar-refractivity contribution in [2.24, 2.45) is 0 Å². The number of unbranched alkanes of at least 4 members (excludes halogenated alkanes) is 5. The number of rotatable bonds is 13. The summed E-state index contributed by atoms with van der Waals surface area (Å²) in [7, 11) is 1.42. The van der Waals surface area contributed by atoms with Crippen LogP contribution in [0.2, 0.25) is 0 Å². The van der Waals surface area contributed by atoms with Crippen LogP contribution in [0.25, 0.3) is 0 Å². The molecular weight excluding hydrogens is 353 g/mol. The molecule has 0 aromatic rings. The van der Waals surface area contributed by atoms with E-state index in [1.54, 1.807) is 0 Å². The number of hydrogen-bond donors (Lipinski definition) is 1. The summed E-state index contributed by atoms with van der Waals surface area (Å²) < 4.78 is 4.64. The molecule has 1 aliphatic rings. The van der Waals surface area contributed by atoms with Gasteiger partial charge in [0.15, 0.2) is 0 Å². The van der Waals surface area contributed by atoms with Crippen LogP contribution in [0.4, 0.5) is 0 Å². The molecular formula is C21H37NNaO4. The Morgan fingerprint density at radius 2 is 2.00 bits per heavy atom. The molecule has 1 aliphatic heterocycles. The van der Waals surface area contributed by atoms with E-state index < -0.39 is 6.10 Å². The van der Waals surface area contributed by atoms with Crippen molar-refractivity contribution in [1.29, 1.82) is 0 Å². The van der Waals surface area contributed by atoms with Gasteiger partial charge in [0.2, 0.25) is 5.91 Å². The van der Waals surface area contributed by atoms with Crippen LogP contribution in [-0.4, -0.2) is 77.2 Å². The van der Waals surface area contributed by atoms with Crippen LogP contribution in [-0.2, 0) is 14.3 Å². The van der Waals surface area contributed by atoms with Crippen molar-refractivity contribution in [1.82, 2.24) is 4.90 Å². The Hall–Kier alpha value is -0.360. The fourth-order valence-electron chi connectivity index (χ4n) is 3.40. The number of esters is 1. The summed E-state index contributed by atoms with van der Waals surface area (Å²) in [5, 5.41) is 10.1. The predicted molar refractivity (Wildman–Crippen MR) is 109 cm³/mol. The number of likely N-dealkylation sites (tertiary alicyclic amines) is 1. The minimum absolute atomic E-state index is 0. The molecule has 0 saturated carbocycles. The zero-order valence-corrected chi connectivity index (χ0v) is 19.6. The number of methoxy groups -OCH3 is 1. The van der Waals surface area contributed by atoms with Crippen molar-refractivity contribution < 1.29 is 19.4 Å². The van der Waals surface area contributed by atoms with Crippen LogP contribution < -0.4 is 0 Å². The smallest absolute Gasteiger partial charge is 0.305 e. The van der Waals surface area contributed by atoms with Crippen LogP contribution in [0.15, 0.2) is 12.2 Å². The summed E-state index contributed by atoms with van der Waals surface area (Å²) in [6.07, 6.45) is 14.4. The first-order valence-corrected chi connectivity index (χ1v) is 10.3. The molecule has 5 nitrogen and oxygen atoms in total. The molecule has 1 saturated heterocycles. The van der Waals surface area contributed by atoms with E-state index in [9.17, 15) is 14.7 Å². The van der Waals surface area contributed by atoms with Crippen LogP contribution in [0, 0.1) is 0 Å². The fourth-order valence-corrected chi connectivity index (χ4v) is 3.40. The van der Waals surface area contributed by atoms with Gasteiger partial charge < -0.3 is 14.7 Å². The zero-order valence-electron chi connectivity index (χ0n) is 17.6. The van der Waals surface area contributed by atoms with Crippen molar-refractivity contribution in [3.05, 3.63) is 12.2 Å². The Morgan fingerprint density at radius 3 is 2.70 bits per heavy atom. The van der Waals surface area contributed by atoms with Crippen LogP contribution >= 0.6 is 0 Å². The summed E-state index contributed by atoms with van der Waals surface area (Å²) in [5.41, 5.74) is 0. The second-order valence-electron chi connectivity index (χ2n) is 7.24. The number of nitrogens with zero attached hydrogens (tertiary/aromatic N) is 1. The van der Waals surface area contributed by atoms with Gasteiger partial charge in [-0.15, -0.1) is 0 Å². The topological polar surface area (TPSA) is 66.8 Å². The molecule has 27 heavy (non-hydrogen) atoms. The first kappa shape index (κ1) is 26.6. The number of carbonyl (C=O) groups is 2. The Kier molecular flexibility index (Phi) is 16.4. The predicted octanol–water partition coefficient (Wildman–Crippen LogP) is 3.61.